The summed E-state index contributed by atoms with van der Waals surface area (Å²) in [6.07, 6.45) is -1.67. The summed E-state index contributed by atoms with van der Waals surface area (Å²) in [6, 6.07) is 5.95. The molecule has 0 aromatic heterocycles. The van der Waals surface area contributed by atoms with E-state index in [-0.39, 0.29) is 18.0 Å². The number of hydrogen-bond donors (Lipinski definition) is 0. The lowest BCUT2D eigenvalue weighted by Crippen LogP contribution is -2.01. The van der Waals surface area contributed by atoms with Gasteiger partial charge in [-0.15, -0.1) is 0 Å². The summed E-state index contributed by atoms with van der Waals surface area (Å²) < 4.78 is 28.9. The van der Waals surface area contributed by atoms with E-state index in [2.05, 4.69) is 4.74 Å². The first-order valence-corrected chi connectivity index (χ1v) is 4.57. The predicted octanol–water partition coefficient (Wildman–Crippen LogP) is 2.73. The van der Waals surface area contributed by atoms with Gasteiger partial charge in [0, 0.05) is 12.0 Å². The first-order valence-electron chi connectivity index (χ1n) is 4.57. The standard InChI is InChI=1S/C11H12F2O2/c1-15-10(14)7-4-8-2-5-9(6-3-8)11(12)13/h2-3,5-6,11H,4,7H2,1H3. The SMILES string of the molecule is COC(=O)CCc1ccc(C(F)F)cc1. The fraction of sp³-hybridized carbons (Fsp3) is 0.364. The number of esters is 1. The Morgan fingerprint density at radius 1 is 1.33 bits per heavy atom. The average molecular weight is 214 g/mol. The molecule has 0 atom stereocenters. The van der Waals surface area contributed by atoms with Crippen molar-refractivity contribution in [2.75, 3.05) is 7.11 Å². The summed E-state index contributed by atoms with van der Waals surface area (Å²) in [6.45, 7) is 0. The van der Waals surface area contributed by atoms with E-state index in [1.807, 2.05) is 0 Å². The molecule has 1 aromatic rings. The van der Waals surface area contributed by atoms with Gasteiger partial charge in [-0.25, -0.2) is 8.78 Å². The minimum atomic E-state index is -2.44. The maximum atomic E-state index is 12.2. The summed E-state index contributed by atoms with van der Waals surface area (Å²) in [5, 5.41) is 0. The summed E-state index contributed by atoms with van der Waals surface area (Å²) in [7, 11) is 1.32. The van der Waals surface area contributed by atoms with E-state index in [0.717, 1.165) is 5.56 Å². The van der Waals surface area contributed by atoms with Crippen LogP contribution in [0.5, 0.6) is 0 Å². The topological polar surface area (TPSA) is 26.3 Å². The van der Waals surface area contributed by atoms with Crippen molar-refractivity contribution < 1.29 is 18.3 Å². The second kappa shape index (κ2) is 5.44. The highest BCUT2D eigenvalue weighted by Gasteiger charge is 2.06. The molecule has 0 saturated carbocycles. The van der Waals surface area contributed by atoms with E-state index >= 15 is 0 Å². The largest absolute Gasteiger partial charge is 0.469 e. The van der Waals surface area contributed by atoms with Gasteiger partial charge in [0.25, 0.3) is 6.43 Å². The number of halogens is 2. The van der Waals surface area contributed by atoms with Crippen LogP contribution in [-0.4, -0.2) is 13.1 Å². The minimum absolute atomic E-state index is 0.00295. The molecule has 2 nitrogen and oxygen atoms in total. The fourth-order valence-electron chi connectivity index (χ4n) is 1.18. The molecular formula is C11H12F2O2. The molecule has 0 aliphatic rings. The number of ether oxygens (including phenoxy) is 1. The molecule has 0 aliphatic heterocycles. The number of methoxy groups -OCH3 is 1. The predicted molar refractivity (Wildman–Crippen MR) is 51.7 cm³/mol. The van der Waals surface area contributed by atoms with Gasteiger partial charge in [-0.3, -0.25) is 4.79 Å². The molecule has 0 amide bonds. The Balaban J connectivity index is 2.53. The molecule has 0 saturated heterocycles. The van der Waals surface area contributed by atoms with E-state index in [4.69, 9.17) is 0 Å². The van der Waals surface area contributed by atoms with Crippen molar-refractivity contribution in [1.29, 1.82) is 0 Å². The molecule has 0 fully saturated rings. The third-order valence-electron chi connectivity index (χ3n) is 2.08. The zero-order chi connectivity index (χ0) is 11.3. The summed E-state index contributed by atoms with van der Waals surface area (Å²) in [4.78, 5) is 10.8. The molecule has 0 radical (unpaired) electrons. The van der Waals surface area contributed by atoms with Crippen LogP contribution in [0.25, 0.3) is 0 Å². The number of aryl methyl sites for hydroxylation is 1. The van der Waals surface area contributed by atoms with Gasteiger partial charge < -0.3 is 4.74 Å². The Morgan fingerprint density at radius 2 is 1.93 bits per heavy atom. The second-order valence-corrected chi connectivity index (χ2v) is 3.12. The molecular weight excluding hydrogens is 202 g/mol. The lowest BCUT2D eigenvalue weighted by molar-refractivity contribution is -0.140. The van der Waals surface area contributed by atoms with E-state index in [1.54, 1.807) is 12.1 Å². The minimum Gasteiger partial charge on any atom is -0.469 e. The highest BCUT2D eigenvalue weighted by molar-refractivity contribution is 5.69. The third kappa shape index (κ3) is 3.65. The summed E-state index contributed by atoms with van der Waals surface area (Å²) >= 11 is 0. The third-order valence-corrected chi connectivity index (χ3v) is 2.08. The van der Waals surface area contributed by atoms with E-state index in [0.29, 0.717) is 6.42 Å². The number of carbonyl (C=O) groups is 1. The number of benzene rings is 1. The van der Waals surface area contributed by atoms with Crippen LogP contribution in [0.1, 0.15) is 24.0 Å². The van der Waals surface area contributed by atoms with Crippen LogP contribution in [0.4, 0.5) is 8.78 Å². The molecule has 82 valence electrons. The lowest BCUT2D eigenvalue weighted by Gasteiger charge is -2.02. The first kappa shape index (κ1) is 11.6. The molecule has 0 N–H and O–H groups in total. The monoisotopic (exact) mass is 214 g/mol. The van der Waals surface area contributed by atoms with Crippen LogP contribution >= 0.6 is 0 Å². The number of hydrogen-bond acceptors (Lipinski definition) is 2. The van der Waals surface area contributed by atoms with Gasteiger partial charge >= 0.3 is 5.97 Å². The van der Waals surface area contributed by atoms with Gasteiger partial charge in [0.2, 0.25) is 0 Å². The van der Waals surface area contributed by atoms with Crippen LogP contribution in [-0.2, 0) is 16.0 Å². The van der Waals surface area contributed by atoms with Crippen LogP contribution in [0.3, 0.4) is 0 Å². The maximum absolute atomic E-state index is 12.2. The Hall–Kier alpha value is -1.45. The van der Waals surface area contributed by atoms with E-state index in [1.165, 1.54) is 19.2 Å². The lowest BCUT2D eigenvalue weighted by atomic mass is 10.1. The molecule has 0 aliphatic carbocycles. The van der Waals surface area contributed by atoms with Crippen LogP contribution in [0.2, 0.25) is 0 Å². The Morgan fingerprint density at radius 3 is 2.40 bits per heavy atom. The smallest absolute Gasteiger partial charge is 0.305 e. The highest BCUT2D eigenvalue weighted by Crippen LogP contribution is 2.19. The molecule has 4 heteroatoms. The van der Waals surface area contributed by atoms with Crippen molar-refractivity contribution in [3.63, 3.8) is 0 Å². The summed E-state index contributed by atoms with van der Waals surface area (Å²) in [5.74, 6) is -0.298. The quantitative estimate of drug-likeness (QED) is 0.720. The molecule has 0 unspecified atom stereocenters. The number of alkyl halides is 2. The van der Waals surface area contributed by atoms with Crippen molar-refractivity contribution in [2.45, 2.75) is 19.3 Å². The Bertz CT molecular complexity index is 320. The van der Waals surface area contributed by atoms with Crippen molar-refractivity contribution in [3.8, 4) is 0 Å². The van der Waals surface area contributed by atoms with Crippen molar-refractivity contribution in [2.24, 2.45) is 0 Å². The van der Waals surface area contributed by atoms with Crippen molar-refractivity contribution >= 4 is 5.97 Å². The van der Waals surface area contributed by atoms with Gasteiger partial charge in [0.05, 0.1) is 7.11 Å². The zero-order valence-corrected chi connectivity index (χ0v) is 8.37. The highest BCUT2D eigenvalue weighted by atomic mass is 19.3. The molecule has 1 aromatic carbocycles. The fourth-order valence-corrected chi connectivity index (χ4v) is 1.18. The second-order valence-electron chi connectivity index (χ2n) is 3.12. The molecule has 0 heterocycles. The molecule has 1 rings (SSSR count). The average Bonchev–Trinajstić information content (AvgIpc) is 2.26. The Kier molecular flexibility index (Phi) is 4.21. The van der Waals surface area contributed by atoms with E-state index in [9.17, 15) is 13.6 Å². The van der Waals surface area contributed by atoms with E-state index < -0.39 is 6.43 Å². The first-order chi connectivity index (χ1) is 7.13. The van der Waals surface area contributed by atoms with Gasteiger partial charge in [-0.2, -0.15) is 0 Å². The van der Waals surface area contributed by atoms with Gasteiger partial charge in [0.1, 0.15) is 0 Å². The molecule has 15 heavy (non-hydrogen) atoms. The van der Waals surface area contributed by atoms with Gasteiger partial charge in [-0.05, 0) is 12.0 Å². The summed E-state index contributed by atoms with van der Waals surface area (Å²) in [5.41, 5.74) is 0.849. The number of carbonyl (C=O) groups excluding carboxylic acids is 1. The van der Waals surface area contributed by atoms with Crippen LogP contribution in [0, 0.1) is 0 Å². The van der Waals surface area contributed by atoms with Crippen molar-refractivity contribution in [1.82, 2.24) is 0 Å². The molecule has 0 spiro atoms. The molecule has 0 bridgehead atoms. The Labute approximate surface area is 86.9 Å². The van der Waals surface area contributed by atoms with Crippen molar-refractivity contribution in [3.05, 3.63) is 35.4 Å². The van der Waals surface area contributed by atoms with Crippen LogP contribution < -0.4 is 0 Å². The maximum Gasteiger partial charge on any atom is 0.305 e. The zero-order valence-electron chi connectivity index (χ0n) is 8.37. The van der Waals surface area contributed by atoms with Gasteiger partial charge in [-0.1, -0.05) is 24.3 Å². The normalized spacial score (nSPS) is 10.4. The number of rotatable bonds is 4. The van der Waals surface area contributed by atoms with Gasteiger partial charge in [0.15, 0.2) is 0 Å². The van der Waals surface area contributed by atoms with Crippen LogP contribution in [0.15, 0.2) is 24.3 Å².